The molecule has 0 atom stereocenters. The number of para-hydroxylation sites is 1. The minimum atomic E-state index is -3.63. The van der Waals surface area contributed by atoms with E-state index in [0.29, 0.717) is 35.6 Å². The highest BCUT2D eigenvalue weighted by molar-refractivity contribution is 7.89. The van der Waals surface area contributed by atoms with Crippen molar-refractivity contribution in [2.45, 2.75) is 11.3 Å². The number of sulfonamides is 1. The van der Waals surface area contributed by atoms with Crippen LogP contribution in [0.2, 0.25) is 0 Å². The number of aromatic nitrogens is 3. The van der Waals surface area contributed by atoms with Gasteiger partial charge in [0.15, 0.2) is 0 Å². The molecule has 0 aliphatic heterocycles. The summed E-state index contributed by atoms with van der Waals surface area (Å²) in [4.78, 5) is 4.78. The highest BCUT2D eigenvalue weighted by atomic mass is 32.2. The van der Waals surface area contributed by atoms with Gasteiger partial charge in [-0.25, -0.2) is 22.8 Å². The van der Waals surface area contributed by atoms with Crippen LogP contribution in [0.5, 0.6) is 0 Å². The van der Waals surface area contributed by atoms with Crippen molar-refractivity contribution >= 4 is 26.6 Å². The molecule has 0 fully saturated rings. The van der Waals surface area contributed by atoms with Crippen LogP contribution >= 0.6 is 0 Å². The van der Waals surface area contributed by atoms with Crippen LogP contribution in [0.25, 0.3) is 38.8 Å². The Kier molecular flexibility index (Phi) is 7.58. The van der Waals surface area contributed by atoms with E-state index in [9.17, 15) is 8.42 Å². The van der Waals surface area contributed by atoms with E-state index in [2.05, 4.69) is 27.2 Å². The van der Waals surface area contributed by atoms with Gasteiger partial charge >= 0.3 is 0 Å². The molecule has 4 aromatic carbocycles. The Balaban J connectivity index is 1.15. The van der Waals surface area contributed by atoms with Crippen LogP contribution in [0.15, 0.2) is 133 Å². The highest BCUT2D eigenvalue weighted by Gasteiger charge is 2.17. The Morgan fingerprint density at radius 2 is 1.46 bits per heavy atom. The van der Waals surface area contributed by atoms with Crippen molar-refractivity contribution < 1.29 is 8.42 Å². The molecule has 0 bridgehead atoms. The molecule has 204 valence electrons. The van der Waals surface area contributed by atoms with Gasteiger partial charge in [-0.2, -0.15) is 5.10 Å². The third-order valence-electron chi connectivity index (χ3n) is 6.84. The monoisotopic (exact) mass is 559 g/mol. The zero-order chi connectivity index (χ0) is 28.1. The fraction of sp³-hybridized carbons (Fsp3) is 0.0909. The third kappa shape index (κ3) is 5.89. The second-order valence-corrected chi connectivity index (χ2v) is 11.4. The standard InChI is InChI=1S/C33H29N5O2S/c39-41(40,31-18-9-14-25-11-7-8-17-29(25)31)36-21-10-20-34-32-23-27(19-22-35-32)30-24-38(28-15-5-2-6-16-28)37-33(30)26-12-3-1-4-13-26/h1-9,11-19,22-24,36H,10,20-21H2,(H,34,35). The van der Waals surface area contributed by atoms with Gasteiger partial charge < -0.3 is 5.32 Å². The van der Waals surface area contributed by atoms with Crippen LogP contribution in [0.1, 0.15) is 6.42 Å². The first-order chi connectivity index (χ1) is 20.1. The average molecular weight is 560 g/mol. The minimum absolute atomic E-state index is 0.295. The lowest BCUT2D eigenvalue weighted by atomic mass is 10.0. The smallest absolute Gasteiger partial charge is 0.241 e. The molecular formula is C33H29N5O2S. The molecule has 0 aliphatic carbocycles. The minimum Gasteiger partial charge on any atom is -0.370 e. The Morgan fingerprint density at radius 1 is 0.732 bits per heavy atom. The Labute approximate surface area is 239 Å². The van der Waals surface area contributed by atoms with Crippen LogP contribution in [0, 0.1) is 0 Å². The molecule has 41 heavy (non-hydrogen) atoms. The summed E-state index contributed by atoms with van der Waals surface area (Å²) in [6.45, 7) is 0.865. The van der Waals surface area contributed by atoms with Gasteiger partial charge in [0.1, 0.15) is 11.5 Å². The largest absolute Gasteiger partial charge is 0.370 e. The molecule has 2 N–H and O–H groups in total. The van der Waals surface area contributed by atoms with Crippen molar-refractivity contribution in [3.63, 3.8) is 0 Å². The number of benzene rings is 4. The Morgan fingerprint density at radius 3 is 2.29 bits per heavy atom. The molecule has 0 unspecified atom stereocenters. The summed E-state index contributed by atoms with van der Waals surface area (Å²) < 4.78 is 30.6. The topological polar surface area (TPSA) is 88.9 Å². The summed E-state index contributed by atoms with van der Waals surface area (Å²) in [5.74, 6) is 0.714. The van der Waals surface area contributed by atoms with E-state index in [1.807, 2.05) is 102 Å². The van der Waals surface area contributed by atoms with E-state index in [-0.39, 0.29) is 0 Å². The average Bonchev–Trinajstić information content (AvgIpc) is 3.47. The molecule has 8 heteroatoms. The lowest BCUT2D eigenvalue weighted by Gasteiger charge is -2.11. The highest BCUT2D eigenvalue weighted by Crippen LogP contribution is 2.32. The number of anilines is 1. The normalized spacial score (nSPS) is 11.5. The van der Waals surface area contributed by atoms with Crippen molar-refractivity contribution in [1.82, 2.24) is 19.5 Å². The molecule has 2 heterocycles. The zero-order valence-electron chi connectivity index (χ0n) is 22.3. The maximum atomic E-state index is 13.0. The molecule has 0 saturated heterocycles. The molecule has 6 rings (SSSR count). The quantitative estimate of drug-likeness (QED) is 0.186. The first kappa shape index (κ1) is 26.4. The predicted molar refractivity (Wildman–Crippen MR) is 164 cm³/mol. The van der Waals surface area contributed by atoms with Crippen LogP contribution in [0.3, 0.4) is 0 Å². The van der Waals surface area contributed by atoms with Crippen LogP contribution < -0.4 is 10.0 Å². The second kappa shape index (κ2) is 11.8. The summed E-state index contributed by atoms with van der Waals surface area (Å²) in [5.41, 5.74) is 4.87. The SMILES string of the molecule is O=S(=O)(NCCCNc1cc(-c2cn(-c3ccccc3)nc2-c2ccccc2)ccn1)c1cccc2ccccc12. The van der Waals surface area contributed by atoms with E-state index < -0.39 is 10.0 Å². The van der Waals surface area contributed by atoms with Gasteiger partial charge in [-0.05, 0) is 47.7 Å². The number of hydrogen-bond acceptors (Lipinski definition) is 5. The summed E-state index contributed by atoms with van der Waals surface area (Å²) in [5, 5.41) is 9.87. The van der Waals surface area contributed by atoms with E-state index in [0.717, 1.165) is 33.5 Å². The Hall–Kier alpha value is -4.79. The lowest BCUT2D eigenvalue weighted by Crippen LogP contribution is -2.26. The molecule has 2 aromatic heterocycles. The van der Waals surface area contributed by atoms with Gasteiger partial charge in [-0.15, -0.1) is 0 Å². The maximum absolute atomic E-state index is 13.0. The lowest BCUT2D eigenvalue weighted by molar-refractivity contribution is 0.581. The number of hydrogen-bond donors (Lipinski definition) is 2. The maximum Gasteiger partial charge on any atom is 0.241 e. The number of fused-ring (bicyclic) bond motifs is 1. The Bertz CT molecular complexity index is 1880. The number of nitrogens with one attached hydrogen (secondary N) is 2. The summed E-state index contributed by atoms with van der Waals surface area (Å²) in [7, 11) is -3.63. The van der Waals surface area contributed by atoms with Gasteiger partial charge in [-0.1, -0.05) is 84.9 Å². The first-order valence-electron chi connectivity index (χ1n) is 13.5. The van der Waals surface area contributed by atoms with Crippen LogP contribution in [-0.4, -0.2) is 36.3 Å². The van der Waals surface area contributed by atoms with Gasteiger partial charge in [0, 0.05) is 42.0 Å². The fourth-order valence-electron chi connectivity index (χ4n) is 4.82. The van der Waals surface area contributed by atoms with Crippen LogP contribution in [-0.2, 0) is 10.0 Å². The summed E-state index contributed by atoms with van der Waals surface area (Å²) in [6.07, 6.45) is 4.41. The molecule has 6 aromatic rings. The third-order valence-corrected chi connectivity index (χ3v) is 8.36. The van der Waals surface area contributed by atoms with Gasteiger partial charge in [-0.3, -0.25) is 0 Å². The number of rotatable bonds is 10. The van der Waals surface area contributed by atoms with Crippen molar-refractivity contribution in [3.8, 4) is 28.1 Å². The first-order valence-corrected chi connectivity index (χ1v) is 14.9. The van der Waals surface area contributed by atoms with Gasteiger partial charge in [0.2, 0.25) is 10.0 Å². The molecular weight excluding hydrogens is 530 g/mol. The molecule has 0 radical (unpaired) electrons. The van der Waals surface area contributed by atoms with E-state index in [1.54, 1.807) is 18.3 Å². The zero-order valence-corrected chi connectivity index (χ0v) is 23.1. The predicted octanol–water partition coefficient (Wildman–Crippen LogP) is 6.54. The van der Waals surface area contributed by atoms with E-state index >= 15 is 0 Å². The molecule has 7 nitrogen and oxygen atoms in total. The number of pyridine rings is 1. The van der Waals surface area contributed by atoms with Crippen molar-refractivity contribution in [2.75, 3.05) is 18.4 Å². The fourth-order valence-corrected chi connectivity index (χ4v) is 6.12. The van der Waals surface area contributed by atoms with Crippen molar-refractivity contribution in [3.05, 3.63) is 128 Å². The van der Waals surface area contributed by atoms with Gasteiger partial charge in [0.05, 0.1) is 10.6 Å². The van der Waals surface area contributed by atoms with Crippen molar-refractivity contribution in [1.29, 1.82) is 0 Å². The van der Waals surface area contributed by atoms with Gasteiger partial charge in [0.25, 0.3) is 0 Å². The number of nitrogens with zero attached hydrogens (tertiary/aromatic N) is 3. The second-order valence-electron chi connectivity index (χ2n) is 9.62. The molecule has 0 saturated carbocycles. The van der Waals surface area contributed by atoms with Crippen molar-refractivity contribution in [2.24, 2.45) is 0 Å². The van der Waals surface area contributed by atoms with E-state index in [4.69, 9.17) is 5.10 Å². The summed E-state index contributed by atoms with van der Waals surface area (Å²) >= 11 is 0. The molecule has 0 aliphatic rings. The molecule has 0 spiro atoms. The molecule has 0 amide bonds. The van der Waals surface area contributed by atoms with Crippen LogP contribution in [0.4, 0.5) is 5.82 Å². The van der Waals surface area contributed by atoms with E-state index in [1.165, 1.54) is 0 Å². The summed E-state index contributed by atoms with van der Waals surface area (Å²) in [6, 6.07) is 36.9.